The summed E-state index contributed by atoms with van der Waals surface area (Å²) in [4.78, 5) is 48.8. The number of carboxylic acids is 1. The molecule has 10 nitrogen and oxygen atoms in total. The number of nitrogens with two attached hydrogens (primary N) is 1. The van der Waals surface area contributed by atoms with Crippen LogP contribution in [0.3, 0.4) is 0 Å². The zero-order valence-electron chi connectivity index (χ0n) is 21.1. The number of carboxylic acid groups (broad SMARTS) is 1. The number of aromatic carboxylic acids is 1. The summed E-state index contributed by atoms with van der Waals surface area (Å²) < 4.78 is 11.0. The van der Waals surface area contributed by atoms with Crippen LogP contribution in [0.25, 0.3) is 5.57 Å². The number of hydrogen-bond acceptors (Lipinski definition) is 7. The molecule has 3 N–H and O–H groups in total. The van der Waals surface area contributed by atoms with Crippen LogP contribution in [0.2, 0.25) is 0 Å². The molecule has 1 fully saturated rings. The average Bonchev–Trinajstić information content (AvgIpc) is 3.31. The van der Waals surface area contributed by atoms with Crippen LogP contribution in [0.5, 0.6) is 0 Å². The van der Waals surface area contributed by atoms with Gasteiger partial charge in [0.05, 0.1) is 18.7 Å². The first-order chi connectivity index (χ1) is 17.0. The van der Waals surface area contributed by atoms with Crippen molar-refractivity contribution in [3.63, 3.8) is 0 Å². The van der Waals surface area contributed by atoms with Gasteiger partial charge in [-0.1, -0.05) is 39.0 Å². The molecule has 36 heavy (non-hydrogen) atoms. The van der Waals surface area contributed by atoms with Crippen LogP contribution in [-0.4, -0.2) is 65.3 Å². The van der Waals surface area contributed by atoms with Crippen LogP contribution in [0.4, 0.5) is 4.79 Å². The van der Waals surface area contributed by atoms with Gasteiger partial charge in [0, 0.05) is 30.1 Å². The summed E-state index contributed by atoms with van der Waals surface area (Å²) in [5.41, 5.74) is 6.52. The summed E-state index contributed by atoms with van der Waals surface area (Å²) in [6.45, 7) is 5.95. The van der Waals surface area contributed by atoms with Crippen molar-refractivity contribution in [3.8, 4) is 0 Å². The number of amidine groups is 1. The fourth-order valence-corrected chi connectivity index (χ4v) is 3.80. The molecule has 0 aliphatic carbocycles. The third kappa shape index (κ3) is 7.45. The van der Waals surface area contributed by atoms with E-state index < -0.39 is 5.97 Å². The minimum absolute atomic E-state index is 0.0584. The molecule has 2 aliphatic heterocycles. The predicted molar refractivity (Wildman–Crippen MR) is 133 cm³/mol. The van der Waals surface area contributed by atoms with Crippen LogP contribution in [0, 0.1) is 5.92 Å². The van der Waals surface area contributed by atoms with E-state index in [9.17, 15) is 19.2 Å². The molecule has 0 radical (unpaired) electrons. The molecule has 0 bridgehead atoms. The number of aliphatic imine (C=N–C) groups is 1. The van der Waals surface area contributed by atoms with Crippen molar-refractivity contribution in [2.24, 2.45) is 16.6 Å². The number of carbonyl (C=O) groups is 3. The van der Waals surface area contributed by atoms with Gasteiger partial charge in [-0.2, -0.15) is 4.48 Å². The Morgan fingerprint density at radius 3 is 2.50 bits per heavy atom. The second-order valence-electron chi connectivity index (χ2n) is 9.14. The molecular weight excluding hydrogens is 466 g/mol. The van der Waals surface area contributed by atoms with Crippen molar-refractivity contribution in [2.45, 2.75) is 58.8 Å². The van der Waals surface area contributed by atoms with Gasteiger partial charge in [0.25, 0.3) is 0 Å². The number of nitrogens with zero attached hydrogens (tertiary/aromatic N) is 2. The van der Waals surface area contributed by atoms with Crippen LogP contribution >= 0.6 is 0 Å². The Morgan fingerprint density at radius 1 is 1.28 bits per heavy atom. The maximum atomic E-state index is 12.1. The van der Waals surface area contributed by atoms with E-state index >= 15 is 0 Å². The number of allylic oxidation sites excluding steroid dienone is 1. The summed E-state index contributed by atoms with van der Waals surface area (Å²) in [5, 5.41) is 8.86. The Kier molecular flexibility index (Phi) is 10.3. The van der Waals surface area contributed by atoms with Gasteiger partial charge < -0.3 is 20.3 Å². The monoisotopic (exact) mass is 500 g/mol. The van der Waals surface area contributed by atoms with Crippen molar-refractivity contribution in [2.75, 3.05) is 13.7 Å². The van der Waals surface area contributed by atoms with Gasteiger partial charge in [-0.15, -0.1) is 4.99 Å². The average molecular weight is 501 g/mol. The summed E-state index contributed by atoms with van der Waals surface area (Å²) in [5.74, 6) is 1.00. The molecule has 194 valence electrons. The highest BCUT2D eigenvalue weighted by molar-refractivity contribution is 6.00. The summed E-state index contributed by atoms with van der Waals surface area (Å²) in [6.07, 6.45) is 5.13. The molecule has 3 rings (SSSR count). The molecule has 2 amide bonds. The van der Waals surface area contributed by atoms with E-state index in [1.807, 2.05) is 13.8 Å². The Bertz CT molecular complexity index is 1090. The lowest BCUT2D eigenvalue weighted by Gasteiger charge is -2.32. The molecule has 1 aromatic rings. The maximum Gasteiger partial charge on any atom is 0.451 e. The molecule has 0 saturated carbocycles. The van der Waals surface area contributed by atoms with E-state index in [-0.39, 0.29) is 52.7 Å². The lowest BCUT2D eigenvalue weighted by molar-refractivity contribution is -0.830. The zero-order valence-corrected chi connectivity index (χ0v) is 21.1. The van der Waals surface area contributed by atoms with E-state index in [1.165, 1.54) is 6.07 Å². The van der Waals surface area contributed by atoms with E-state index in [1.54, 1.807) is 50.4 Å². The lowest BCUT2D eigenvalue weighted by atomic mass is 9.99. The van der Waals surface area contributed by atoms with Crippen molar-refractivity contribution in [1.29, 1.82) is 0 Å². The van der Waals surface area contributed by atoms with Crippen LogP contribution in [0.15, 0.2) is 41.5 Å². The van der Waals surface area contributed by atoms with Crippen LogP contribution < -0.4 is 5.73 Å². The van der Waals surface area contributed by atoms with Gasteiger partial charge in [0.15, 0.2) is 0 Å². The second-order valence-corrected chi connectivity index (χ2v) is 9.14. The third-order valence-corrected chi connectivity index (χ3v) is 5.84. The second kappa shape index (κ2) is 12.9. The molecule has 1 saturated heterocycles. The topological polar surface area (TPSA) is 145 Å². The van der Waals surface area contributed by atoms with E-state index in [0.717, 1.165) is 6.42 Å². The number of rotatable bonds is 8. The maximum absolute atomic E-state index is 12.1. The van der Waals surface area contributed by atoms with Crippen molar-refractivity contribution in [3.05, 3.63) is 47.7 Å². The van der Waals surface area contributed by atoms with Gasteiger partial charge in [-0.25, -0.2) is 14.4 Å². The van der Waals surface area contributed by atoms with Crippen molar-refractivity contribution < 1.29 is 38.2 Å². The van der Waals surface area contributed by atoms with Gasteiger partial charge in [-0.3, -0.25) is 4.79 Å². The smallest absolute Gasteiger partial charge is 0.451 e. The minimum atomic E-state index is -1.03. The van der Waals surface area contributed by atoms with Gasteiger partial charge in [0.2, 0.25) is 6.23 Å². The highest BCUT2D eigenvalue weighted by Crippen LogP contribution is 2.30. The molecule has 0 spiro atoms. The number of esters is 1. The van der Waals surface area contributed by atoms with Crippen molar-refractivity contribution >= 4 is 35.3 Å². The highest BCUT2D eigenvalue weighted by atomic mass is 16.6. The SMILES string of the molecule is CC(C)CC(=O)OCC1CCC([N+]2(C)C=CC(N)=NC2=O)O1.CCC(=C=O)c1ccccc1C(=O)O. The first-order valence-electron chi connectivity index (χ1n) is 11.8. The first kappa shape index (κ1) is 28.6. The fourth-order valence-electron chi connectivity index (χ4n) is 3.80. The van der Waals surface area contributed by atoms with Gasteiger partial charge in [0.1, 0.15) is 24.6 Å². The molecule has 2 aliphatic rings. The lowest BCUT2D eigenvalue weighted by Crippen LogP contribution is -2.53. The Balaban J connectivity index is 0.000000281. The summed E-state index contributed by atoms with van der Waals surface area (Å²) in [7, 11) is 1.74. The first-order valence-corrected chi connectivity index (χ1v) is 11.8. The largest absolute Gasteiger partial charge is 0.478 e. The quantitative estimate of drug-likeness (QED) is 0.313. The highest BCUT2D eigenvalue weighted by Gasteiger charge is 2.46. The normalized spacial score (nSPS) is 22.8. The van der Waals surface area contributed by atoms with Gasteiger partial charge >= 0.3 is 18.0 Å². The number of quaternary nitrogens is 1. The Labute approximate surface area is 210 Å². The van der Waals surface area contributed by atoms with E-state index in [0.29, 0.717) is 30.4 Å². The van der Waals surface area contributed by atoms with Crippen LogP contribution in [-0.2, 0) is 19.1 Å². The minimum Gasteiger partial charge on any atom is -0.478 e. The molecular formula is C26H34N3O7+. The number of benzene rings is 1. The number of hydrogen-bond donors (Lipinski definition) is 2. The Morgan fingerprint density at radius 2 is 1.94 bits per heavy atom. The molecule has 10 heteroatoms. The molecule has 3 unspecified atom stereocenters. The zero-order chi connectivity index (χ0) is 26.9. The van der Waals surface area contributed by atoms with E-state index in [2.05, 4.69) is 4.99 Å². The fraction of sp³-hybridized carbons (Fsp3) is 0.462. The summed E-state index contributed by atoms with van der Waals surface area (Å²) >= 11 is 0. The molecule has 3 atom stereocenters. The van der Waals surface area contributed by atoms with Gasteiger partial charge in [-0.05, 0) is 24.8 Å². The van der Waals surface area contributed by atoms with Crippen molar-refractivity contribution in [1.82, 2.24) is 0 Å². The number of amides is 2. The number of ether oxygens (including phenoxy) is 2. The standard InChI is InChI=1S/C15H23N3O4.C11H10O3/c1-10(2)8-14(19)21-9-11-4-5-13(22-11)18(3)7-6-12(16)17-15(18)20;1-2-8(7-12)9-5-3-4-6-10(9)11(13)14/h6-7,10-11,13H,4-5,8-9H2,1-3H3,(H-,16,17,20);3-6H,2H2,1H3,(H,13,14)/p+1. The summed E-state index contributed by atoms with van der Waals surface area (Å²) in [6, 6.07) is 6.08. The van der Waals surface area contributed by atoms with Crippen LogP contribution in [0.1, 0.15) is 62.4 Å². The number of urea groups is 1. The predicted octanol–water partition coefficient (Wildman–Crippen LogP) is 3.54. The molecule has 2 heterocycles. The van der Waals surface area contributed by atoms with E-state index in [4.69, 9.17) is 20.3 Å². The Hall–Kier alpha value is -3.59. The third-order valence-electron chi connectivity index (χ3n) is 5.84. The number of carbonyl (C=O) groups excluding carboxylic acids is 3. The molecule has 1 aromatic carbocycles. The molecule has 0 aromatic heterocycles.